The quantitative estimate of drug-likeness (QED) is 0.687. The fraction of sp³-hybridized carbons (Fsp3) is 0.550. The van der Waals surface area contributed by atoms with E-state index in [0.717, 1.165) is 30.0 Å². The van der Waals surface area contributed by atoms with Gasteiger partial charge in [-0.25, -0.2) is 4.68 Å². The van der Waals surface area contributed by atoms with E-state index in [-0.39, 0.29) is 0 Å². The highest BCUT2D eigenvalue weighted by molar-refractivity contribution is 7.86. The molecule has 2 fully saturated rings. The molecule has 1 aromatic carbocycles. The Balaban J connectivity index is 1.39. The summed E-state index contributed by atoms with van der Waals surface area (Å²) in [7, 11) is -1.36. The van der Waals surface area contributed by atoms with Crippen LogP contribution in [0.4, 0.5) is 0 Å². The first-order chi connectivity index (χ1) is 14.4. The van der Waals surface area contributed by atoms with Gasteiger partial charge < -0.3 is 4.90 Å². The van der Waals surface area contributed by atoms with Gasteiger partial charge in [0.2, 0.25) is 0 Å². The van der Waals surface area contributed by atoms with Crippen LogP contribution in [0, 0.1) is 6.92 Å². The Labute approximate surface area is 183 Å². The second kappa shape index (κ2) is 8.94. The molecule has 0 saturated carbocycles. The van der Waals surface area contributed by atoms with Gasteiger partial charge in [0.05, 0.1) is 11.4 Å². The first-order valence-corrected chi connectivity index (χ1v) is 12.1. The largest absolute Gasteiger partial charge is 0.304 e. The minimum Gasteiger partial charge on any atom is -0.304 e. The van der Waals surface area contributed by atoms with Crippen molar-refractivity contribution in [2.75, 3.05) is 59.4 Å². The number of aryl methyl sites for hydroxylation is 1. The van der Waals surface area contributed by atoms with Gasteiger partial charge >= 0.3 is 0 Å². The topological polar surface area (TPSA) is 64.9 Å². The lowest BCUT2D eigenvalue weighted by atomic mass is 10.2. The molecule has 164 valence electrons. The van der Waals surface area contributed by atoms with E-state index in [1.807, 2.05) is 44.3 Å². The lowest BCUT2D eigenvalue weighted by molar-refractivity contribution is 0.165. The summed E-state index contributed by atoms with van der Waals surface area (Å²) >= 11 is 6.65. The molecule has 0 amide bonds. The highest BCUT2D eigenvalue weighted by atomic mass is 35.5. The second-order valence-corrected chi connectivity index (χ2v) is 10.3. The third kappa shape index (κ3) is 4.42. The lowest BCUT2D eigenvalue weighted by Crippen LogP contribution is -2.56. The Hall–Kier alpha value is -1.49. The average molecular weight is 453 g/mol. The van der Waals surface area contributed by atoms with Crippen molar-refractivity contribution in [2.24, 2.45) is 0 Å². The maximum absolute atomic E-state index is 13.0. The van der Waals surface area contributed by atoms with E-state index in [4.69, 9.17) is 11.6 Å². The van der Waals surface area contributed by atoms with Gasteiger partial charge in [0, 0.05) is 64.5 Å². The molecule has 3 heterocycles. The minimum absolute atomic E-state index is 0.498. The number of nitrogens with zero attached hydrogens (tertiary/aromatic N) is 6. The van der Waals surface area contributed by atoms with Crippen molar-refractivity contribution in [3.63, 3.8) is 0 Å². The molecule has 1 aromatic heterocycles. The zero-order chi connectivity index (χ0) is 21.3. The van der Waals surface area contributed by atoms with Crippen LogP contribution in [0.25, 0.3) is 5.69 Å². The molecule has 30 heavy (non-hydrogen) atoms. The van der Waals surface area contributed by atoms with Gasteiger partial charge in [-0.15, -0.1) is 0 Å². The van der Waals surface area contributed by atoms with Crippen molar-refractivity contribution in [1.29, 1.82) is 0 Å². The number of aromatic nitrogens is 2. The van der Waals surface area contributed by atoms with E-state index in [0.29, 0.717) is 51.0 Å². The van der Waals surface area contributed by atoms with Crippen LogP contribution in [0.1, 0.15) is 11.3 Å². The minimum atomic E-state index is -3.38. The Kier molecular flexibility index (Phi) is 6.47. The molecule has 0 unspecified atom stereocenters. The number of halogens is 1. The number of rotatable bonds is 5. The SMILES string of the molecule is Cc1nn(-c2ccccc2)c(Cl)c1CN1CCN(S(=O)(=O)N2CCN(C)CC2)CC1. The van der Waals surface area contributed by atoms with Crippen LogP contribution in [-0.2, 0) is 16.8 Å². The molecule has 0 radical (unpaired) electrons. The summed E-state index contributed by atoms with van der Waals surface area (Å²) in [5.74, 6) is 0. The maximum Gasteiger partial charge on any atom is 0.282 e. The molecule has 0 spiro atoms. The summed E-state index contributed by atoms with van der Waals surface area (Å²) in [6.45, 7) is 7.67. The Morgan fingerprint density at radius 3 is 2.10 bits per heavy atom. The zero-order valence-electron chi connectivity index (χ0n) is 17.5. The van der Waals surface area contributed by atoms with E-state index >= 15 is 0 Å². The van der Waals surface area contributed by atoms with E-state index in [1.165, 1.54) is 0 Å². The van der Waals surface area contributed by atoms with Crippen LogP contribution in [0.3, 0.4) is 0 Å². The zero-order valence-corrected chi connectivity index (χ0v) is 19.1. The van der Waals surface area contributed by atoms with Gasteiger partial charge in [-0.1, -0.05) is 29.8 Å². The molecule has 0 aliphatic carbocycles. The van der Waals surface area contributed by atoms with Crippen LogP contribution >= 0.6 is 11.6 Å². The lowest BCUT2D eigenvalue weighted by Gasteiger charge is -2.39. The number of piperazine rings is 2. The first-order valence-electron chi connectivity index (χ1n) is 10.3. The summed E-state index contributed by atoms with van der Waals surface area (Å²) in [4.78, 5) is 4.41. The summed E-state index contributed by atoms with van der Waals surface area (Å²) in [5, 5.41) is 5.23. The van der Waals surface area contributed by atoms with E-state index in [2.05, 4.69) is 14.9 Å². The third-order valence-electron chi connectivity index (χ3n) is 5.95. The number of likely N-dealkylation sites (N-methyl/N-ethyl adjacent to an activating group) is 1. The van der Waals surface area contributed by atoms with Crippen molar-refractivity contribution in [2.45, 2.75) is 13.5 Å². The molecule has 10 heteroatoms. The summed E-state index contributed by atoms with van der Waals surface area (Å²) in [5.41, 5.74) is 2.83. The van der Waals surface area contributed by atoms with Crippen LogP contribution in [0.2, 0.25) is 5.15 Å². The van der Waals surface area contributed by atoms with Crippen LogP contribution in [0.15, 0.2) is 30.3 Å². The molecule has 2 aliphatic rings. The molecule has 0 N–H and O–H groups in total. The average Bonchev–Trinajstić information content (AvgIpc) is 3.03. The molecular formula is C20H29ClN6O2S. The Morgan fingerprint density at radius 2 is 1.50 bits per heavy atom. The summed E-state index contributed by atoms with van der Waals surface area (Å²) in [6, 6.07) is 9.84. The summed E-state index contributed by atoms with van der Waals surface area (Å²) < 4.78 is 30.9. The fourth-order valence-corrected chi connectivity index (χ4v) is 5.88. The Bertz CT molecular complexity index is 965. The molecule has 2 aliphatic heterocycles. The number of benzene rings is 1. The third-order valence-corrected chi connectivity index (χ3v) is 8.37. The molecule has 0 atom stereocenters. The van der Waals surface area contributed by atoms with Gasteiger partial charge in [0.25, 0.3) is 10.2 Å². The van der Waals surface area contributed by atoms with Gasteiger partial charge in [-0.2, -0.15) is 22.1 Å². The van der Waals surface area contributed by atoms with Crippen LogP contribution in [0.5, 0.6) is 0 Å². The van der Waals surface area contributed by atoms with E-state index in [9.17, 15) is 8.42 Å². The predicted octanol–water partition coefficient (Wildman–Crippen LogP) is 1.44. The van der Waals surface area contributed by atoms with E-state index in [1.54, 1.807) is 13.3 Å². The van der Waals surface area contributed by atoms with Gasteiger partial charge in [0.15, 0.2) is 0 Å². The van der Waals surface area contributed by atoms with Crippen molar-refractivity contribution >= 4 is 21.8 Å². The molecule has 0 bridgehead atoms. The molecule has 2 saturated heterocycles. The smallest absolute Gasteiger partial charge is 0.282 e. The summed E-state index contributed by atoms with van der Waals surface area (Å²) in [6.07, 6.45) is 0. The highest BCUT2D eigenvalue weighted by Gasteiger charge is 2.34. The van der Waals surface area contributed by atoms with Crippen LogP contribution in [-0.4, -0.2) is 96.0 Å². The Morgan fingerprint density at radius 1 is 0.933 bits per heavy atom. The molecule has 2 aromatic rings. The molecule has 4 rings (SSSR count). The van der Waals surface area contributed by atoms with Crippen molar-refractivity contribution in [3.05, 3.63) is 46.7 Å². The van der Waals surface area contributed by atoms with E-state index < -0.39 is 10.2 Å². The van der Waals surface area contributed by atoms with Crippen LogP contribution < -0.4 is 0 Å². The highest BCUT2D eigenvalue weighted by Crippen LogP contribution is 2.25. The first kappa shape index (κ1) is 21.7. The number of para-hydroxylation sites is 1. The number of hydrogen-bond donors (Lipinski definition) is 0. The second-order valence-electron chi connectivity index (χ2n) is 7.99. The molecule has 8 nitrogen and oxygen atoms in total. The van der Waals surface area contributed by atoms with Gasteiger partial charge in [0.1, 0.15) is 5.15 Å². The van der Waals surface area contributed by atoms with Crippen molar-refractivity contribution < 1.29 is 8.42 Å². The number of hydrogen-bond acceptors (Lipinski definition) is 5. The fourth-order valence-electron chi connectivity index (χ4n) is 3.98. The standard InChI is InChI=1S/C20H29ClN6O2S/c1-17-19(20(21)27(22-17)18-6-4-3-5-7-18)16-24-10-14-26(15-11-24)30(28,29)25-12-8-23(2)9-13-25/h3-7H,8-16H2,1-2H3. The maximum atomic E-state index is 13.0. The van der Waals surface area contributed by atoms with Crippen molar-refractivity contribution in [3.8, 4) is 5.69 Å². The van der Waals surface area contributed by atoms with Crippen molar-refractivity contribution in [1.82, 2.24) is 28.2 Å². The van der Waals surface area contributed by atoms with Gasteiger partial charge in [-0.3, -0.25) is 4.90 Å². The normalized spacial score (nSPS) is 20.6. The predicted molar refractivity (Wildman–Crippen MR) is 118 cm³/mol. The van der Waals surface area contributed by atoms with Gasteiger partial charge in [-0.05, 0) is 26.1 Å². The monoisotopic (exact) mass is 452 g/mol. The molecular weight excluding hydrogens is 424 g/mol.